The zero-order valence-electron chi connectivity index (χ0n) is 10.8. The Hall–Kier alpha value is -1.78. The summed E-state index contributed by atoms with van der Waals surface area (Å²) in [6, 6.07) is 1.93. The third-order valence-corrected chi connectivity index (χ3v) is 3.36. The Balaban J connectivity index is 2.03. The van der Waals surface area contributed by atoms with Gasteiger partial charge in [-0.2, -0.15) is 0 Å². The maximum absolute atomic E-state index is 11.4. The zero-order chi connectivity index (χ0) is 13.1. The van der Waals surface area contributed by atoms with Crippen molar-refractivity contribution in [2.45, 2.75) is 19.8 Å². The Bertz CT molecular complexity index is 440. The Kier molecular flexibility index (Phi) is 3.69. The number of aromatic nitrogens is 1. The van der Waals surface area contributed by atoms with Gasteiger partial charge in [0.2, 0.25) is 0 Å². The van der Waals surface area contributed by atoms with E-state index in [-0.39, 0.29) is 11.9 Å². The molecule has 0 saturated carbocycles. The van der Waals surface area contributed by atoms with Crippen molar-refractivity contribution in [2.75, 3.05) is 30.8 Å². The number of methoxy groups -OCH3 is 1. The molecule has 5 heteroatoms. The molecule has 0 amide bonds. The third kappa shape index (κ3) is 2.55. The lowest BCUT2D eigenvalue weighted by Gasteiger charge is -2.32. The molecule has 1 aromatic heterocycles. The smallest absolute Gasteiger partial charge is 0.308 e. The normalized spacial score (nSPS) is 16.7. The van der Waals surface area contributed by atoms with Crippen LogP contribution in [0.15, 0.2) is 12.3 Å². The molecule has 2 N–H and O–H groups in total. The number of carbonyl (C=O) groups is 1. The van der Waals surface area contributed by atoms with Crippen LogP contribution in [0.1, 0.15) is 18.4 Å². The molecular weight excluding hydrogens is 230 g/mol. The number of nitrogens with zero attached hydrogens (tertiary/aromatic N) is 2. The minimum Gasteiger partial charge on any atom is -0.469 e. The van der Waals surface area contributed by atoms with E-state index in [9.17, 15) is 4.79 Å². The van der Waals surface area contributed by atoms with Gasteiger partial charge < -0.3 is 15.4 Å². The van der Waals surface area contributed by atoms with Gasteiger partial charge in [0.25, 0.3) is 0 Å². The number of nitrogen functional groups attached to an aromatic ring is 1. The number of ether oxygens (including phenoxy) is 1. The lowest BCUT2D eigenvalue weighted by atomic mass is 9.97. The molecule has 1 fully saturated rings. The quantitative estimate of drug-likeness (QED) is 0.801. The zero-order valence-corrected chi connectivity index (χ0v) is 10.8. The summed E-state index contributed by atoms with van der Waals surface area (Å²) in [5.74, 6) is 0.723. The van der Waals surface area contributed by atoms with Crippen LogP contribution >= 0.6 is 0 Å². The van der Waals surface area contributed by atoms with Gasteiger partial charge in [0, 0.05) is 19.3 Å². The molecule has 2 heterocycles. The number of piperidine rings is 1. The summed E-state index contributed by atoms with van der Waals surface area (Å²) in [5.41, 5.74) is 7.73. The highest BCUT2D eigenvalue weighted by Crippen LogP contribution is 2.26. The van der Waals surface area contributed by atoms with Gasteiger partial charge in [-0.15, -0.1) is 0 Å². The van der Waals surface area contributed by atoms with E-state index in [2.05, 4.69) is 9.88 Å². The third-order valence-electron chi connectivity index (χ3n) is 3.36. The first-order chi connectivity index (χ1) is 8.61. The number of hydrogen-bond acceptors (Lipinski definition) is 5. The summed E-state index contributed by atoms with van der Waals surface area (Å²) < 4.78 is 4.77. The highest BCUT2D eigenvalue weighted by Gasteiger charge is 2.26. The van der Waals surface area contributed by atoms with Gasteiger partial charge in [-0.05, 0) is 31.4 Å². The summed E-state index contributed by atoms with van der Waals surface area (Å²) in [5, 5.41) is 0. The van der Waals surface area contributed by atoms with Gasteiger partial charge in [0.1, 0.15) is 0 Å². The number of esters is 1. The van der Waals surface area contributed by atoms with Crippen molar-refractivity contribution in [1.82, 2.24) is 4.98 Å². The monoisotopic (exact) mass is 249 g/mol. The first kappa shape index (κ1) is 12.7. The predicted octanol–water partition coefficient (Wildman–Crippen LogP) is 1.36. The fraction of sp³-hybridized carbons (Fsp3) is 0.538. The Morgan fingerprint density at radius 3 is 2.72 bits per heavy atom. The van der Waals surface area contributed by atoms with E-state index < -0.39 is 0 Å². The minimum absolute atomic E-state index is 0.0120. The van der Waals surface area contributed by atoms with Crippen LogP contribution in [0.5, 0.6) is 0 Å². The Morgan fingerprint density at radius 2 is 2.17 bits per heavy atom. The summed E-state index contributed by atoms with van der Waals surface area (Å²) >= 11 is 0. The first-order valence-electron chi connectivity index (χ1n) is 6.16. The van der Waals surface area contributed by atoms with Gasteiger partial charge >= 0.3 is 5.97 Å². The molecule has 1 aromatic rings. The van der Waals surface area contributed by atoms with Crippen LogP contribution in [-0.2, 0) is 9.53 Å². The van der Waals surface area contributed by atoms with Crippen LogP contribution in [-0.4, -0.2) is 31.2 Å². The molecule has 5 nitrogen and oxygen atoms in total. The second kappa shape index (κ2) is 5.25. The molecular formula is C13H19N3O2. The van der Waals surface area contributed by atoms with Crippen LogP contribution in [0.4, 0.5) is 11.5 Å². The summed E-state index contributed by atoms with van der Waals surface area (Å²) in [4.78, 5) is 17.9. The average molecular weight is 249 g/mol. The van der Waals surface area contributed by atoms with E-state index in [4.69, 9.17) is 10.5 Å². The maximum atomic E-state index is 11.4. The molecule has 0 aliphatic carbocycles. The van der Waals surface area contributed by atoms with Gasteiger partial charge in [-0.25, -0.2) is 4.98 Å². The largest absolute Gasteiger partial charge is 0.469 e. The van der Waals surface area contributed by atoms with E-state index in [1.165, 1.54) is 7.11 Å². The Morgan fingerprint density at radius 1 is 1.50 bits per heavy atom. The molecule has 0 aromatic carbocycles. The summed E-state index contributed by atoms with van der Waals surface area (Å²) in [6.45, 7) is 3.55. The van der Waals surface area contributed by atoms with Crippen molar-refractivity contribution in [3.8, 4) is 0 Å². The highest BCUT2D eigenvalue weighted by atomic mass is 16.5. The van der Waals surface area contributed by atoms with Crippen LogP contribution in [0.2, 0.25) is 0 Å². The summed E-state index contributed by atoms with van der Waals surface area (Å²) in [6.07, 6.45) is 3.40. The second-order valence-corrected chi connectivity index (χ2v) is 4.71. The first-order valence-corrected chi connectivity index (χ1v) is 6.16. The van der Waals surface area contributed by atoms with Crippen LogP contribution < -0.4 is 10.6 Å². The number of hydrogen-bond donors (Lipinski definition) is 1. The van der Waals surface area contributed by atoms with Crippen molar-refractivity contribution < 1.29 is 9.53 Å². The predicted molar refractivity (Wildman–Crippen MR) is 70.3 cm³/mol. The van der Waals surface area contributed by atoms with Gasteiger partial charge in [0.15, 0.2) is 5.82 Å². The topological polar surface area (TPSA) is 68.5 Å². The fourth-order valence-electron chi connectivity index (χ4n) is 2.34. The molecule has 0 unspecified atom stereocenters. The lowest BCUT2D eigenvalue weighted by Crippen LogP contribution is -2.37. The van der Waals surface area contributed by atoms with E-state index >= 15 is 0 Å². The van der Waals surface area contributed by atoms with Crippen LogP contribution in [0.25, 0.3) is 0 Å². The lowest BCUT2D eigenvalue weighted by molar-refractivity contribution is -0.146. The summed E-state index contributed by atoms with van der Waals surface area (Å²) in [7, 11) is 1.44. The van der Waals surface area contributed by atoms with Crippen LogP contribution in [0, 0.1) is 12.8 Å². The van der Waals surface area contributed by atoms with E-state index in [1.54, 1.807) is 0 Å². The highest BCUT2D eigenvalue weighted by molar-refractivity contribution is 5.73. The average Bonchev–Trinajstić information content (AvgIpc) is 2.38. The second-order valence-electron chi connectivity index (χ2n) is 4.71. The van der Waals surface area contributed by atoms with Crippen LogP contribution in [0.3, 0.4) is 0 Å². The molecule has 0 spiro atoms. The molecule has 0 radical (unpaired) electrons. The fourth-order valence-corrected chi connectivity index (χ4v) is 2.34. The molecule has 98 valence electrons. The van der Waals surface area contributed by atoms with E-state index in [0.717, 1.165) is 37.3 Å². The van der Waals surface area contributed by atoms with Gasteiger partial charge in [-0.1, -0.05) is 0 Å². The molecule has 1 saturated heterocycles. The number of carbonyl (C=O) groups excluding carboxylic acids is 1. The van der Waals surface area contributed by atoms with Gasteiger partial charge in [-0.3, -0.25) is 4.79 Å². The van der Waals surface area contributed by atoms with Crippen molar-refractivity contribution in [2.24, 2.45) is 5.92 Å². The minimum atomic E-state index is -0.112. The number of rotatable bonds is 2. The van der Waals surface area contributed by atoms with E-state index in [0.29, 0.717) is 5.69 Å². The van der Waals surface area contributed by atoms with Crippen molar-refractivity contribution in [3.63, 3.8) is 0 Å². The number of aryl methyl sites for hydroxylation is 1. The standard InChI is InChI=1S/C13H19N3O2/c1-9-7-11(14)12(15-8-9)16-5-3-10(4-6-16)13(17)18-2/h7-8,10H,3-6,14H2,1-2H3. The number of pyridine rings is 1. The van der Waals surface area contributed by atoms with Crippen molar-refractivity contribution in [3.05, 3.63) is 17.8 Å². The Labute approximate surface area is 107 Å². The molecule has 2 rings (SSSR count). The van der Waals surface area contributed by atoms with E-state index in [1.807, 2.05) is 19.2 Å². The molecule has 0 bridgehead atoms. The maximum Gasteiger partial charge on any atom is 0.308 e. The molecule has 18 heavy (non-hydrogen) atoms. The molecule has 1 aliphatic heterocycles. The molecule has 0 atom stereocenters. The van der Waals surface area contributed by atoms with Gasteiger partial charge in [0.05, 0.1) is 18.7 Å². The van der Waals surface area contributed by atoms with Crippen molar-refractivity contribution >= 4 is 17.5 Å². The number of nitrogens with two attached hydrogens (primary N) is 1. The number of anilines is 2. The molecule has 1 aliphatic rings. The van der Waals surface area contributed by atoms with Crippen molar-refractivity contribution in [1.29, 1.82) is 0 Å². The SMILES string of the molecule is COC(=O)C1CCN(c2ncc(C)cc2N)CC1.